The lowest BCUT2D eigenvalue weighted by atomic mass is 10.1. The molecule has 64 valence electrons. The van der Waals surface area contributed by atoms with Gasteiger partial charge in [0.25, 0.3) is 0 Å². The van der Waals surface area contributed by atoms with Crippen LogP contribution >= 0.6 is 23.2 Å². The van der Waals surface area contributed by atoms with Gasteiger partial charge in [-0.1, -0.05) is 35.3 Å². The van der Waals surface area contributed by atoms with Gasteiger partial charge in [0, 0.05) is 0 Å². The summed E-state index contributed by atoms with van der Waals surface area (Å²) >= 11 is 11.4. The molecule has 0 saturated carbocycles. The normalized spacial score (nSPS) is 9.83. The molecule has 1 aromatic rings. The number of hydrogen-bond acceptors (Lipinski definition) is 1. The number of rotatable bonds is 2. The van der Waals surface area contributed by atoms with Crippen molar-refractivity contribution < 1.29 is 5.11 Å². The molecule has 0 aliphatic carbocycles. The third kappa shape index (κ3) is 1.74. The number of aromatic hydroxyl groups is 1. The zero-order valence-corrected chi connectivity index (χ0v) is 7.86. The van der Waals surface area contributed by atoms with Gasteiger partial charge in [-0.15, -0.1) is 6.58 Å². The lowest BCUT2D eigenvalue weighted by Crippen LogP contribution is -1.83. The van der Waals surface area contributed by atoms with Crippen LogP contribution in [0.2, 0.25) is 10.0 Å². The molecule has 0 fully saturated rings. The molecule has 0 aliphatic heterocycles. The molecule has 0 unspecified atom stereocenters. The van der Waals surface area contributed by atoms with Gasteiger partial charge in [-0.3, -0.25) is 0 Å². The molecular formula is C9H8Cl2O. The van der Waals surface area contributed by atoms with Crippen LogP contribution in [0.15, 0.2) is 24.8 Å². The van der Waals surface area contributed by atoms with E-state index in [1.54, 1.807) is 18.2 Å². The van der Waals surface area contributed by atoms with Crippen molar-refractivity contribution in [1.29, 1.82) is 0 Å². The van der Waals surface area contributed by atoms with Crippen molar-refractivity contribution in [2.75, 3.05) is 0 Å². The second-order valence-electron chi connectivity index (χ2n) is 2.36. The lowest BCUT2D eigenvalue weighted by Gasteiger charge is -2.04. The summed E-state index contributed by atoms with van der Waals surface area (Å²) in [5.74, 6) is 0.0454. The largest absolute Gasteiger partial charge is 0.506 e. The van der Waals surface area contributed by atoms with Gasteiger partial charge in [-0.25, -0.2) is 0 Å². The summed E-state index contributed by atoms with van der Waals surface area (Å²) < 4.78 is 0. The maximum Gasteiger partial charge on any atom is 0.139 e. The fourth-order valence-electron chi connectivity index (χ4n) is 0.900. The topological polar surface area (TPSA) is 20.2 Å². The zero-order chi connectivity index (χ0) is 9.14. The van der Waals surface area contributed by atoms with Crippen LogP contribution in [0.3, 0.4) is 0 Å². The number of phenolic OH excluding ortho intramolecular Hbond substituents is 1. The molecule has 3 heteroatoms. The second-order valence-corrected chi connectivity index (χ2v) is 3.15. The van der Waals surface area contributed by atoms with Crippen molar-refractivity contribution in [3.05, 3.63) is 40.4 Å². The zero-order valence-electron chi connectivity index (χ0n) is 6.35. The van der Waals surface area contributed by atoms with E-state index in [0.29, 0.717) is 11.4 Å². The van der Waals surface area contributed by atoms with Crippen LogP contribution < -0.4 is 0 Å². The number of phenols is 1. The van der Waals surface area contributed by atoms with E-state index in [4.69, 9.17) is 23.2 Å². The van der Waals surface area contributed by atoms with E-state index in [1.807, 2.05) is 0 Å². The number of hydrogen-bond donors (Lipinski definition) is 1. The van der Waals surface area contributed by atoms with Gasteiger partial charge in [0.15, 0.2) is 0 Å². The van der Waals surface area contributed by atoms with Gasteiger partial charge in [-0.05, 0) is 18.1 Å². The third-order valence-electron chi connectivity index (χ3n) is 1.52. The van der Waals surface area contributed by atoms with Crippen molar-refractivity contribution >= 4 is 23.2 Å². The predicted molar refractivity (Wildman–Crippen MR) is 52.0 cm³/mol. The Bertz CT molecular complexity index is 308. The smallest absolute Gasteiger partial charge is 0.139 e. The van der Waals surface area contributed by atoms with E-state index in [-0.39, 0.29) is 10.8 Å². The highest BCUT2D eigenvalue weighted by atomic mass is 35.5. The minimum Gasteiger partial charge on any atom is -0.506 e. The van der Waals surface area contributed by atoms with Gasteiger partial charge in [-0.2, -0.15) is 0 Å². The monoisotopic (exact) mass is 202 g/mol. The lowest BCUT2D eigenvalue weighted by molar-refractivity contribution is 0.470. The molecule has 0 radical (unpaired) electrons. The number of benzene rings is 1. The summed E-state index contributed by atoms with van der Waals surface area (Å²) in [6.45, 7) is 3.56. The second kappa shape index (κ2) is 3.83. The van der Waals surface area contributed by atoms with Gasteiger partial charge < -0.3 is 5.11 Å². The van der Waals surface area contributed by atoms with E-state index in [0.717, 1.165) is 5.56 Å². The van der Waals surface area contributed by atoms with Crippen molar-refractivity contribution in [3.63, 3.8) is 0 Å². The quantitative estimate of drug-likeness (QED) is 0.730. The van der Waals surface area contributed by atoms with Crippen LogP contribution in [0, 0.1) is 0 Å². The summed E-state index contributed by atoms with van der Waals surface area (Å²) in [4.78, 5) is 0. The van der Waals surface area contributed by atoms with E-state index in [1.165, 1.54) is 0 Å². The van der Waals surface area contributed by atoms with Crippen LogP contribution in [-0.2, 0) is 6.42 Å². The Morgan fingerprint density at radius 3 is 2.67 bits per heavy atom. The summed E-state index contributed by atoms with van der Waals surface area (Å²) in [7, 11) is 0. The standard InChI is InChI=1S/C9H8Cl2O/c1-2-3-6-4-5-7(10)8(11)9(6)12/h2,4-5,12H,1,3H2. The average Bonchev–Trinajstić information content (AvgIpc) is 2.07. The average molecular weight is 203 g/mol. The first kappa shape index (κ1) is 9.43. The molecule has 0 aliphatic rings. The van der Waals surface area contributed by atoms with Gasteiger partial charge in [0.1, 0.15) is 10.8 Å². The Kier molecular flexibility index (Phi) is 3.01. The minimum atomic E-state index is 0.0454. The van der Waals surface area contributed by atoms with Crippen molar-refractivity contribution in [2.24, 2.45) is 0 Å². The summed E-state index contributed by atoms with van der Waals surface area (Å²) in [6.07, 6.45) is 2.28. The van der Waals surface area contributed by atoms with Crippen molar-refractivity contribution in [3.8, 4) is 5.75 Å². The molecule has 0 heterocycles. The van der Waals surface area contributed by atoms with Crippen LogP contribution in [0.1, 0.15) is 5.56 Å². The van der Waals surface area contributed by atoms with Crippen LogP contribution in [0.25, 0.3) is 0 Å². The van der Waals surface area contributed by atoms with E-state index < -0.39 is 0 Å². The predicted octanol–water partition coefficient (Wildman–Crippen LogP) is 3.43. The SMILES string of the molecule is C=CCc1ccc(Cl)c(Cl)c1O. The fourth-order valence-corrected chi connectivity index (χ4v) is 1.24. The molecule has 12 heavy (non-hydrogen) atoms. The summed E-state index contributed by atoms with van der Waals surface area (Å²) in [5.41, 5.74) is 0.736. The molecule has 1 aromatic carbocycles. The third-order valence-corrected chi connectivity index (χ3v) is 2.31. The summed E-state index contributed by atoms with van der Waals surface area (Å²) in [6, 6.07) is 3.38. The van der Waals surface area contributed by atoms with Crippen LogP contribution in [-0.4, -0.2) is 5.11 Å². The number of allylic oxidation sites excluding steroid dienone is 1. The Morgan fingerprint density at radius 2 is 2.08 bits per heavy atom. The fraction of sp³-hybridized carbons (Fsp3) is 0.111. The van der Waals surface area contributed by atoms with E-state index in [2.05, 4.69) is 6.58 Å². The van der Waals surface area contributed by atoms with Crippen molar-refractivity contribution in [2.45, 2.75) is 6.42 Å². The Labute approximate surface area is 81.2 Å². The Balaban J connectivity index is 3.16. The molecule has 1 nitrogen and oxygen atoms in total. The highest BCUT2D eigenvalue weighted by Crippen LogP contribution is 2.34. The Hall–Kier alpha value is -0.660. The van der Waals surface area contributed by atoms with Gasteiger partial charge in [0.2, 0.25) is 0 Å². The maximum absolute atomic E-state index is 9.45. The molecule has 0 amide bonds. The van der Waals surface area contributed by atoms with Gasteiger partial charge >= 0.3 is 0 Å². The maximum atomic E-state index is 9.45. The first-order chi connectivity index (χ1) is 5.66. The van der Waals surface area contributed by atoms with E-state index in [9.17, 15) is 5.11 Å². The Morgan fingerprint density at radius 1 is 1.42 bits per heavy atom. The molecule has 1 N–H and O–H groups in total. The summed E-state index contributed by atoms with van der Waals surface area (Å²) in [5, 5.41) is 10.0. The molecule has 1 rings (SSSR count). The first-order valence-corrected chi connectivity index (χ1v) is 4.19. The molecule has 0 saturated heterocycles. The minimum absolute atomic E-state index is 0.0454. The highest BCUT2D eigenvalue weighted by Gasteiger charge is 2.07. The number of halogens is 2. The van der Waals surface area contributed by atoms with Crippen molar-refractivity contribution in [1.82, 2.24) is 0 Å². The molecule has 0 atom stereocenters. The molecule has 0 aromatic heterocycles. The first-order valence-electron chi connectivity index (χ1n) is 3.43. The molecular weight excluding hydrogens is 195 g/mol. The van der Waals surface area contributed by atoms with E-state index >= 15 is 0 Å². The molecule has 0 bridgehead atoms. The highest BCUT2D eigenvalue weighted by molar-refractivity contribution is 6.43. The van der Waals surface area contributed by atoms with Crippen LogP contribution in [0.5, 0.6) is 5.75 Å². The van der Waals surface area contributed by atoms with Crippen LogP contribution in [0.4, 0.5) is 0 Å². The molecule has 0 spiro atoms. The van der Waals surface area contributed by atoms with Gasteiger partial charge in [0.05, 0.1) is 5.02 Å².